The largest absolute Gasteiger partial charge is 0.493 e. The summed E-state index contributed by atoms with van der Waals surface area (Å²) in [7, 11) is 3.14. The Balaban J connectivity index is 1.45. The number of nitrogens with one attached hydrogen (secondary N) is 1. The number of hydrazone groups is 1. The maximum Gasteiger partial charge on any atom is 0.250 e. The number of carbonyl (C=O) groups excluding carboxylic acids is 1. The number of para-hydroxylation sites is 1. The molecule has 0 bridgehead atoms. The predicted molar refractivity (Wildman–Crippen MR) is 133 cm³/mol. The zero-order valence-corrected chi connectivity index (χ0v) is 19.5. The molecule has 0 saturated carbocycles. The molecule has 8 nitrogen and oxygen atoms in total. The van der Waals surface area contributed by atoms with Crippen LogP contribution in [-0.2, 0) is 4.79 Å². The summed E-state index contributed by atoms with van der Waals surface area (Å²) in [5.74, 6) is 1.79. The Kier molecular flexibility index (Phi) is 7.56. The predicted octanol–water partition coefficient (Wildman–Crippen LogP) is 4.19. The van der Waals surface area contributed by atoms with Gasteiger partial charge >= 0.3 is 0 Å². The molecule has 1 heterocycles. The van der Waals surface area contributed by atoms with E-state index in [9.17, 15) is 4.79 Å². The van der Waals surface area contributed by atoms with Crippen LogP contribution in [0.3, 0.4) is 0 Å². The van der Waals surface area contributed by atoms with Gasteiger partial charge in [-0.05, 0) is 35.9 Å². The first kappa shape index (κ1) is 23.1. The molecule has 0 aliphatic rings. The summed E-state index contributed by atoms with van der Waals surface area (Å²) in [4.78, 5) is 12.4. The molecule has 0 aliphatic carbocycles. The maximum absolute atomic E-state index is 12.4. The summed E-state index contributed by atoms with van der Waals surface area (Å²) in [6, 6.07) is 25.0. The molecular weight excluding hydrogens is 450 g/mol. The van der Waals surface area contributed by atoms with Gasteiger partial charge in [-0.1, -0.05) is 60.3 Å². The first-order valence-electron chi connectivity index (χ1n) is 10.4. The van der Waals surface area contributed by atoms with Crippen molar-refractivity contribution in [3.63, 3.8) is 0 Å². The van der Waals surface area contributed by atoms with Gasteiger partial charge in [0.1, 0.15) is 0 Å². The van der Waals surface area contributed by atoms with Crippen molar-refractivity contribution >= 4 is 23.9 Å². The Labute approximate surface area is 201 Å². The summed E-state index contributed by atoms with van der Waals surface area (Å²) < 4.78 is 12.4. The topological polar surface area (TPSA) is 90.6 Å². The molecule has 0 unspecified atom stereocenters. The van der Waals surface area contributed by atoms with Gasteiger partial charge in [0.05, 0.1) is 26.2 Å². The quantitative estimate of drug-likeness (QED) is 0.223. The van der Waals surface area contributed by atoms with Gasteiger partial charge in [0.15, 0.2) is 22.5 Å². The molecule has 0 radical (unpaired) electrons. The fourth-order valence-electron chi connectivity index (χ4n) is 3.22. The number of amides is 1. The summed E-state index contributed by atoms with van der Waals surface area (Å²) in [6.45, 7) is 0. The van der Waals surface area contributed by atoms with Crippen molar-refractivity contribution in [1.82, 2.24) is 20.2 Å². The Morgan fingerprint density at radius 2 is 1.68 bits per heavy atom. The van der Waals surface area contributed by atoms with Crippen molar-refractivity contribution < 1.29 is 14.3 Å². The third-order valence-electron chi connectivity index (χ3n) is 4.82. The number of ether oxygens (including phenoxy) is 2. The first-order valence-corrected chi connectivity index (χ1v) is 11.4. The molecule has 0 fully saturated rings. The number of carbonyl (C=O) groups is 1. The Hall–Kier alpha value is -4.11. The first-order chi connectivity index (χ1) is 16.7. The van der Waals surface area contributed by atoms with Crippen LogP contribution < -0.4 is 14.9 Å². The van der Waals surface area contributed by atoms with Crippen LogP contribution in [0, 0.1) is 0 Å². The van der Waals surface area contributed by atoms with E-state index in [1.807, 2.05) is 71.3 Å². The van der Waals surface area contributed by atoms with E-state index in [0.717, 1.165) is 16.8 Å². The Morgan fingerprint density at radius 3 is 2.38 bits per heavy atom. The highest BCUT2D eigenvalue weighted by Crippen LogP contribution is 2.28. The molecule has 1 N–H and O–H groups in total. The second-order valence-corrected chi connectivity index (χ2v) is 7.98. The van der Waals surface area contributed by atoms with Crippen molar-refractivity contribution in [3.8, 4) is 28.6 Å². The second kappa shape index (κ2) is 11.2. The van der Waals surface area contributed by atoms with E-state index < -0.39 is 0 Å². The fourth-order valence-corrected chi connectivity index (χ4v) is 3.97. The number of thioether (sulfide) groups is 1. The molecule has 0 atom stereocenters. The van der Waals surface area contributed by atoms with Gasteiger partial charge in [-0.15, -0.1) is 10.2 Å². The maximum atomic E-state index is 12.4. The van der Waals surface area contributed by atoms with Crippen molar-refractivity contribution in [2.75, 3.05) is 20.0 Å². The minimum Gasteiger partial charge on any atom is -0.493 e. The molecule has 4 aromatic rings. The standard InChI is InChI=1S/C25H23N5O3S/c1-32-21-14-13-18(15-22(21)33-2)16-26-27-23(31)17-34-25-29-28-24(19-9-5-3-6-10-19)30(25)20-11-7-4-8-12-20/h3-16H,17H2,1-2H3,(H,27,31)/b26-16+. The van der Waals surface area contributed by atoms with Crippen LogP contribution in [0.2, 0.25) is 0 Å². The van der Waals surface area contributed by atoms with Gasteiger partial charge in [0, 0.05) is 11.3 Å². The summed E-state index contributed by atoms with van der Waals surface area (Å²) >= 11 is 1.29. The van der Waals surface area contributed by atoms with Crippen molar-refractivity contribution in [2.24, 2.45) is 5.10 Å². The van der Waals surface area contributed by atoms with Crippen LogP contribution in [0.15, 0.2) is 89.1 Å². The van der Waals surface area contributed by atoms with E-state index in [0.29, 0.717) is 22.5 Å². The molecule has 0 saturated heterocycles. The second-order valence-electron chi connectivity index (χ2n) is 7.04. The number of methoxy groups -OCH3 is 2. The lowest BCUT2D eigenvalue weighted by Gasteiger charge is -2.10. The molecule has 4 rings (SSSR count). The number of aromatic nitrogens is 3. The van der Waals surface area contributed by atoms with Gasteiger partial charge in [0.25, 0.3) is 5.91 Å². The number of hydrogen-bond donors (Lipinski definition) is 1. The van der Waals surface area contributed by atoms with Crippen LogP contribution >= 0.6 is 11.8 Å². The fraction of sp³-hybridized carbons (Fsp3) is 0.120. The molecule has 0 spiro atoms. The average molecular weight is 474 g/mol. The molecule has 1 amide bonds. The Morgan fingerprint density at radius 1 is 0.971 bits per heavy atom. The van der Waals surface area contributed by atoms with Crippen molar-refractivity contribution in [2.45, 2.75) is 5.16 Å². The zero-order chi connectivity index (χ0) is 23.8. The molecule has 9 heteroatoms. The molecule has 0 aliphatic heterocycles. The molecule has 3 aromatic carbocycles. The zero-order valence-electron chi connectivity index (χ0n) is 18.7. The van der Waals surface area contributed by atoms with E-state index in [1.165, 1.54) is 11.8 Å². The van der Waals surface area contributed by atoms with Gasteiger partial charge in [-0.25, -0.2) is 5.43 Å². The normalized spacial score (nSPS) is 10.9. The van der Waals surface area contributed by atoms with Gasteiger partial charge < -0.3 is 9.47 Å². The van der Waals surface area contributed by atoms with Crippen LogP contribution in [0.5, 0.6) is 11.5 Å². The third kappa shape index (κ3) is 5.44. The minimum atomic E-state index is -0.259. The molecule has 1 aromatic heterocycles. The molecule has 34 heavy (non-hydrogen) atoms. The van der Waals surface area contributed by atoms with Crippen LogP contribution in [0.25, 0.3) is 17.1 Å². The lowest BCUT2D eigenvalue weighted by molar-refractivity contribution is -0.118. The van der Waals surface area contributed by atoms with Gasteiger partial charge in [0.2, 0.25) is 0 Å². The number of benzene rings is 3. The third-order valence-corrected chi connectivity index (χ3v) is 5.75. The molecule has 172 valence electrons. The van der Waals surface area contributed by atoms with E-state index in [1.54, 1.807) is 32.6 Å². The van der Waals surface area contributed by atoms with E-state index in [-0.39, 0.29) is 11.7 Å². The summed E-state index contributed by atoms with van der Waals surface area (Å²) in [5, 5.41) is 13.4. The number of nitrogens with zero attached hydrogens (tertiary/aromatic N) is 4. The van der Waals surface area contributed by atoms with E-state index in [2.05, 4.69) is 20.7 Å². The lowest BCUT2D eigenvalue weighted by atomic mass is 10.2. The highest BCUT2D eigenvalue weighted by molar-refractivity contribution is 7.99. The summed E-state index contributed by atoms with van der Waals surface area (Å²) in [6.07, 6.45) is 1.55. The minimum absolute atomic E-state index is 0.128. The van der Waals surface area contributed by atoms with Crippen LogP contribution in [0.1, 0.15) is 5.56 Å². The van der Waals surface area contributed by atoms with Gasteiger partial charge in [-0.3, -0.25) is 9.36 Å². The highest BCUT2D eigenvalue weighted by Gasteiger charge is 2.17. The van der Waals surface area contributed by atoms with Crippen molar-refractivity contribution in [3.05, 3.63) is 84.4 Å². The Bertz CT molecular complexity index is 1280. The average Bonchev–Trinajstić information content (AvgIpc) is 3.32. The monoisotopic (exact) mass is 473 g/mol. The highest BCUT2D eigenvalue weighted by atomic mass is 32.2. The number of rotatable bonds is 9. The number of hydrogen-bond acceptors (Lipinski definition) is 7. The van der Waals surface area contributed by atoms with E-state index in [4.69, 9.17) is 9.47 Å². The van der Waals surface area contributed by atoms with Gasteiger partial charge in [-0.2, -0.15) is 5.10 Å². The smallest absolute Gasteiger partial charge is 0.250 e. The lowest BCUT2D eigenvalue weighted by Crippen LogP contribution is -2.20. The SMILES string of the molecule is COc1ccc(/C=N/NC(=O)CSc2nnc(-c3ccccc3)n2-c2ccccc2)cc1OC. The van der Waals surface area contributed by atoms with Crippen LogP contribution in [0.4, 0.5) is 0 Å². The van der Waals surface area contributed by atoms with E-state index >= 15 is 0 Å². The molecular formula is C25H23N5O3S. The van der Waals surface area contributed by atoms with Crippen molar-refractivity contribution in [1.29, 1.82) is 0 Å². The summed E-state index contributed by atoms with van der Waals surface area (Å²) in [5.41, 5.74) is 5.17. The van der Waals surface area contributed by atoms with Crippen LogP contribution in [-0.4, -0.2) is 46.9 Å².